The summed E-state index contributed by atoms with van der Waals surface area (Å²) in [6, 6.07) is 2.05. The van der Waals surface area contributed by atoms with Gasteiger partial charge in [-0.1, -0.05) is 13.8 Å². The van der Waals surface area contributed by atoms with Gasteiger partial charge in [-0.05, 0) is 18.9 Å². The van der Waals surface area contributed by atoms with Gasteiger partial charge in [0.15, 0.2) is 0 Å². The molecule has 4 heteroatoms. The quantitative estimate of drug-likeness (QED) is 0.684. The van der Waals surface area contributed by atoms with Gasteiger partial charge in [-0.25, -0.2) is 0 Å². The summed E-state index contributed by atoms with van der Waals surface area (Å²) in [4.78, 5) is 0. The second-order valence-electron chi connectivity index (χ2n) is 4.28. The summed E-state index contributed by atoms with van der Waals surface area (Å²) < 4.78 is 7.49. The van der Waals surface area contributed by atoms with E-state index in [9.17, 15) is 0 Å². The van der Waals surface area contributed by atoms with Crippen molar-refractivity contribution in [3.05, 3.63) is 18.0 Å². The van der Waals surface area contributed by atoms with Crippen molar-refractivity contribution in [2.75, 3.05) is 19.8 Å². The van der Waals surface area contributed by atoms with Gasteiger partial charge >= 0.3 is 0 Å². The van der Waals surface area contributed by atoms with Gasteiger partial charge in [0, 0.05) is 32.4 Å². The molecule has 0 amide bonds. The van der Waals surface area contributed by atoms with Gasteiger partial charge in [-0.15, -0.1) is 0 Å². The summed E-state index contributed by atoms with van der Waals surface area (Å²) in [5.74, 6) is 0.613. The molecule has 0 saturated carbocycles. The maximum Gasteiger partial charge on any atom is 0.0591 e. The summed E-state index contributed by atoms with van der Waals surface area (Å²) in [6.07, 6.45) is 1.84. The molecule has 0 aliphatic rings. The number of rotatable bonds is 8. The predicted octanol–water partition coefficient (Wildman–Crippen LogP) is 1.67. The largest absolute Gasteiger partial charge is 0.380 e. The van der Waals surface area contributed by atoms with Gasteiger partial charge in [0.25, 0.3) is 0 Å². The van der Waals surface area contributed by atoms with Gasteiger partial charge in [-0.3, -0.25) is 4.68 Å². The minimum absolute atomic E-state index is 0.613. The molecule has 0 radical (unpaired) electrons. The summed E-state index contributed by atoms with van der Waals surface area (Å²) >= 11 is 0. The Morgan fingerprint density at radius 2 is 2.31 bits per heavy atom. The SMILES string of the molecule is CCn1nccc1CNCCOCC(C)C. The Hall–Kier alpha value is -0.870. The molecular weight excluding hydrogens is 202 g/mol. The number of aromatic nitrogens is 2. The molecule has 1 aromatic heterocycles. The summed E-state index contributed by atoms with van der Waals surface area (Å²) in [6.45, 7) is 10.7. The highest BCUT2D eigenvalue weighted by molar-refractivity contribution is 4.99. The Morgan fingerprint density at radius 3 is 3.00 bits per heavy atom. The van der Waals surface area contributed by atoms with Crippen LogP contribution in [0.4, 0.5) is 0 Å². The highest BCUT2D eigenvalue weighted by Gasteiger charge is 1.99. The van der Waals surface area contributed by atoms with E-state index in [0.29, 0.717) is 5.92 Å². The van der Waals surface area contributed by atoms with Crippen molar-refractivity contribution in [2.24, 2.45) is 5.92 Å². The fraction of sp³-hybridized carbons (Fsp3) is 0.750. The predicted molar refractivity (Wildman–Crippen MR) is 65.3 cm³/mol. The van der Waals surface area contributed by atoms with E-state index < -0.39 is 0 Å². The van der Waals surface area contributed by atoms with Crippen molar-refractivity contribution in [2.45, 2.75) is 33.9 Å². The second-order valence-corrected chi connectivity index (χ2v) is 4.28. The molecule has 0 aliphatic carbocycles. The molecule has 1 N–H and O–H groups in total. The molecule has 0 aromatic carbocycles. The zero-order valence-electron chi connectivity index (χ0n) is 10.6. The first-order valence-electron chi connectivity index (χ1n) is 6.03. The molecule has 0 aliphatic heterocycles. The highest BCUT2D eigenvalue weighted by Crippen LogP contribution is 1.97. The van der Waals surface area contributed by atoms with Crippen molar-refractivity contribution in [1.29, 1.82) is 0 Å². The van der Waals surface area contributed by atoms with Gasteiger partial charge < -0.3 is 10.1 Å². The van der Waals surface area contributed by atoms with Crippen LogP contribution in [0.3, 0.4) is 0 Å². The van der Waals surface area contributed by atoms with E-state index >= 15 is 0 Å². The average molecular weight is 225 g/mol. The fourth-order valence-corrected chi connectivity index (χ4v) is 1.47. The number of ether oxygens (including phenoxy) is 1. The van der Waals surface area contributed by atoms with Gasteiger partial charge in [0.1, 0.15) is 0 Å². The van der Waals surface area contributed by atoms with Crippen LogP contribution in [0.5, 0.6) is 0 Å². The lowest BCUT2D eigenvalue weighted by molar-refractivity contribution is 0.111. The van der Waals surface area contributed by atoms with Crippen LogP contribution in [-0.2, 0) is 17.8 Å². The molecule has 0 unspecified atom stereocenters. The van der Waals surface area contributed by atoms with E-state index in [2.05, 4.69) is 31.2 Å². The van der Waals surface area contributed by atoms with E-state index in [1.54, 1.807) is 0 Å². The van der Waals surface area contributed by atoms with Crippen molar-refractivity contribution in [3.8, 4) is 0 Å². The third-order valence-corrected chi connectivity index (χ3v) is 2.28. The normalized spacial score (nSPS) is 11.2. The Labute approximate surface area is 98.0 Å². The fourth-order valence-electron chi connectivity index (χ4n) is 1.47. The average Bonchev–Trinajstić information content (AvgIpc) is 2.70. The molecule has 0 atom stereocenters. The second kappa shape index (κ2) is 7.41. The van der Waals surface area contributed by atoms with Crippen LogP contribution in [0, 0.1) is 5.92 Å². The minimum atomic E-state index is 0.613. The molecule has 0 spiro atoms. The Balaban J connectivity index is 2.07. The number of nitrogens with one attached hydrogen (secondary N) is 1. The monoisotopic (exact) mass is 225 g/mol. The Morgan fingerprint density at radius 1 is 1.50 bits per heavy atom. The smallest absolute Gasteiger partial charge is 0.0591 e. The first-order valence-corrected chi connectivity index (χ1v) is 6.03. The molecule has 92 valence electrons. The van der Waals surface area contributed by atoms with Gasteiger partial charge in [0.2, 0.25) is 0 Å². The molecule has 0 bridgehead atoms. The molecule has 1 heterocycles. The number of hydrogen-bond donors (Lipinski definition) is 1. The maximum atomic E-state index is 5.49. The van der Waals surface area contributed by atoms with Gasteiger partial charge in [0.05, 0.1) is 12.3 Å². The first kappa shape index (κ1) is 13.2. The third kappa shape index (κ3) is 4.77. The van der Waals surface area contributed by atoms with Crippen molar-refractivity contribution in [1.82, 2.24) is 15.1 Å². The number of aryl methyl sites for hydroxylation is 1. The minimum Gasteiger partial charge on any atom is -0.380 e. The van der Waals surface area contributed by atoms with Crippen molar-refractivity contribution < 1.29 is 4.74 Å². The van der Waals surface area contributed by atoms with Crippen LogP contribution in [0.1, 0.15) is 26.5 Å². The van der Waals surface area contributed by atoms with Crippen molar-refractivity contribution >= 4 is 0 Å². The molecular formula is C12H23N3O. The number of nitrogens with zero attached hydrogens (tertiary/aromatic N) is 2. The Kier molecular flexibility index (Phi) is 6.11. The van der Waals surface area contributed by atoms with Crippen LogP contribution in [-0.4, -0.2) is 29.5 Å². The molecule has 0 saturated heterocycles. The first-order chi connectivity index (χ1) is 7.74. The molecule has 16 heavy (non-hydrogen) atoms. The highest BCUT2D eigenvalue weighted by atomic mass is 16.5. The molecule has 1 rings (SSSR count). The summed E-state index contributed by atoms with van der Waals surface area (Å²) in [7, 11) is 0. The van der Waals surface area contributed by atoms with Crippen LogP contribution in [0.15, 0.2) is 12.3 Å². The third-order valence-electron chi connectivity index (χ3n) is 2.28. The van der Waals surface area contributed by atoms with E-state index in [1.807, 2.05) is 16.9 Å². The molecule has 1 aromatic rings. The van der Waals surface area contributed by atoms with Crippen LogP contribution < -0.4 is 5.32 Å². The van der Waals surface area contributed by atoms with E-state index in [4.69, 9.17) is 4.74 Å². The zero-order chi connectivity index (χ0) is 11.8. The summed E-state index contributed by atoms with van der Waals surface area (Å²) in [5, 5.41) is 7.57. The lowest BCUT2D eigenvalue weighted by Gasteiger charge is -2.08. The lowest BCUT2D eigenvalue weighted by atomic mass is 10.2. The summed E-state index contributed by atoms with van der Waals surface area (Å²) in [5.41, 5.74) is 1.23. The molecule has 4 nitrogen and oxygen atoms in total. The molecule has 0 fully saturated rings. The number of hydrogen-bond acceptors (Lipinski definition) is 3. The van der Waals surface area contributed by atoms with Crippen molar-refractivity contribution in [3.63, 3.8) is 0 Å². The maximum absolute atomic E-state index is 5.49. The topological polar surface area (TPSA) is 39.1 Å². The van der Waals surface area contributed by atoms with E-state index in [-0.39, 0.29) is 0 Å². The van der Waals surface area contributed by atoms with Crippen LogP contribution in [0.2, 0.25) is 0 Å². The zero-order valence-corrected chi connectivity index (χ0v) is 10.6. The Bertz CT molecular complexity index is 284. The van der Waals surface area contributed by atoms with Crippen LogP contribution >= 0.6 is 0 Å². The van der Waals surface area contributed by atoms with Crippen LogP contribution in [0.25, 0.3) is 0 Å². The lowest BCUT2D eigenvalue weighted by Crippen LogP contribution is -2.21. The van der Waals surface area contributed by atoms with E-state index in [1.165, 1.54) is 5.69 Å². The van der Waals surface area contributed by atoms with E-state index in [0.717, 1.165) is 32.8 Å². The standard InChI is InChI=1S/C12H23N3O/c1-4-15-12(5-6-14-15)9-13-7-8-16-10-11(2)3/h5-6,11,13H,4,7-10H2,1-3H3. The van der Waals surface area contributed by atoms with Gasteiger partial charge in [-0.2, -0.15) is 5.10 Å².